The Morgan fingerprint density at radius 3 is 2.05 bits per heavy atom. The summed E-state index contributed by atoms with van der Waals surface area (Å²) in [6, 6.07) is 3.95. The first-order valence-electron chi connectivity index (χ1n) is 12.1. The van der Waals surface area contributed by atoms with Crippen molar-refractivity contribution < 1.29 is 60.5 Å². The predicted octanol–water partition coefficient (Wildman–Crippen LogP) is 3.47. The van der Waals surface area contributed by atoms with Crippen LogP contribution >= 0.6 is 0 Å². The van der Waals surface area contributed by atoms with Crippen molar-refractivity contribution in [1.82, 2.24) is 14.8 Å². The fourth-order valence-corrected chi connectivity index (χ4v) is 4.33. The molecule has 10 nitrogen and oxygen atoms in total. The second-order valence-electron chi connectivity index (χ2n) is 9.30. The van der Waals surface area contributed by atoms with E-state index in [0.717, 1.165) is 25.9 Å². The van der Waals surface area contributed by atoms with Crippen LogP contribution in [0.4, 0.5) is 26.3 Å². The minimum Gasteiger partial charge on any atom is -0.475 e. The molecule has 40 heavy (non-hydrogen) atoms. The average molecular weight is 588 g/mol. The molecule has 226 valence electrons. The quantitative estimate of drug-likeness (QED) is 0.401. The van der Waals surface area contributed by atoms with Crippen molar-refractivity contribution in [1.29, 1.82) is 0 Å². The lowest BCUT2D eigenvalue weighted by Gasteiger charge is -2.31. The van der Waals surface area contributed by atoms with Gasteiger partial charge < -0.3 is 19.8 Å². The summed E-state index contributed by atoms with van der Waals surface area (Å²) < 4.78 is 68.9. The highest BCUT2D eigenvalue weighted by Gasteiger charge is 2.54. The molecule has 2 saturated heterocycles. The highest BCUT2D eigenvalue weighted by Crippen LogP contribution is 2.44. The molecule has 0 unspecified atom stereocenters. The number of rotatable bonds is 4. The predicted molar refractivity (Wildman–Crippen MR) is 126 cm³/mol. The summed E-state index contributed by atoms with van der Waals surface area (Å²) in [5, 5.41) is 14.2. The van der Waals surface area contributed by atoms with Crippen molar-refractivity contribution >= 4 is 23.8 Å². The van der Waals surface area contributed by atoms with Crippen molar-refractivity contribution in [3.05, 3.63) is 30.1 Å². The Hall–Kier alpha value is -3.43. The van der Waals surface area contributed by atoms with Gasteiger partial charge in [-0.15, -0.1) is 0 Å². The molecule has 0 saturated carbocycles. The Morgan fingerprint density at radius 1 is 1.07 bits per heavy atom. The van der Waals surface area contributed by atoms with Gasteiger partial charge in [-0.1, -0.05) is 0 Å². The highest BCUT2D eigenvalue weighted by atomic mass is 19.4. The van der Waals surface area contributed by atoms with Crippen LogP contribution in [0.15, 0.2) is 24.5 Å². The lowest BCUT2D eigenvalue weighted by Crippen LogP contribution is -2.43. The number of likely N-dealkylation sites (tertiary alicyclic amines) is 2. The molecule has 1 amide bonds. The number of fused-ring (bicyclic) bond motifs is 1. The fourth-order valence-electron chi connectivity index (χ4n) is 4.33. The van der Waals surface area contributed by atoms with Gasteiger partial charge in [0.1, 0.15) is 0 Å². The van der Waals surface area contributed by atoms with Crippen LogP contribution in [0.25, 0.3) is 0 Å². The summed E-state index contributed by atoms with van der Waals surface area (Å²) in [5.74, 6) is -5.50. The lowest BCUT2D eigenvalue weighted by atomic mass is 9.75. The number of carboxylic acids is 2. The van der Waals surface area contributed by atoms with E-state index in [-0.39, 0.29) is 17.8 Å². The first-order valence-corrected chi connectivity index (χ1v) is 12.1. The topological polar surface area (TPSA) is 137 Å². The SMILES string of the molecule is CCOC(=O)[C@]12CCCN(C(=O)c3cccnc3)C[C@H]1CN(C(C)C)C2.O=C(O)C(F)(F)F.O=C(O)C(F)(F)F. The molecular weight excluding hydrogens is 556 g/mol. The molecule has 2 fully saturated rings. The number of alkyl halides is 6. The molecule has 2 aliphatic heterocycles. The Morgan fingerprint density at radius 2 is 1.62 bits per heavy atom. The van der Waals surface area contributed by atoms with Gasteiger partial charge in [-0.25, -0.2) is 9.59 Å². The van der Waals surface area contributed by atoms with Gasteiger partial charge in [0.2, 0.25) is 0 Å². The van der Waals surface area contributed by atoms with Gasteiger partial charge in [0.05, 0.1) is 17.6 Å². The van der Waals surface area contributed by atoms with E-state index in [1.54, 1.807) is 24.5 Å². The summed E-state index contributed by atoms with van der Waals surface area (Å²) in [6.45, 7) is 9.38. The van der Waals surface area contributed by atoms with Gasteiger partial charge in [-0.2, -0.15) is 26.3 Å². The summed E-state index contributed by atoms with van der Waals surface area (Å²) in [6.07, 6.45) is -5.30. The molecule has 1 aromatic rings. The van der Waals surface area contributed by atoms with E-state index in [4.69, 9.17) is 24.5 Å². The van der Waals surface area contributed by atoms with Crippen molar-refractivity contribution in [3.63, 3.8) is 0 Å². The highest BCUT2D eigenvalue weighted by molar-refractivity contribution is 5.94. The van der Waals surface area contributed by atoms with Crippen LogP contribution in [-0.4, -0.2) is 100.0 Å². The second kappa shape index (κ2) is 14.3. The van der Waals surface area contributed by atoms with E-state index >= 15 is 0 Å². The zero-order valence-electron chi connectivity index (χ0n) is 22.0. The molecule has 16 heteroatoms. The van der Waals surface area contributed by atoms with E-state index in [2.05, 4.69) is 23.7 Å². The number of amides is 1. The van der Waals surface area contributed by atoms with Gasteiger partial charge in [-0.3, -0.25) is 19.5 Å². The maximum Gasteiger partial charge on any atom is 0.490 e. The molecule has 2 atom stereocenters. The number of aliphatic carboxylic acids is 2. The van der Waals surface area contributed by atoms with Gasteiger partial charge in [-0.05, 0) is 45.7 Å². The molecule has 2 N–H and O–H groups in total. The second-order valence-corrected chi connectivity index (χ2v) is 9.30. The van der Waals surface area contributed by atoms with E-state index in [0.29, 0.717) is 31.3 Å². The van der Waals surface area contributed by atoms with Crippen LogP contribution in [0.5, 0.6) is 0 Å². The number of carboxylic acid groups (broad SMARTS) is 2. The number of carbonyl (C=O) groups excluding carboxylic acids is 2. The molecule has 0 radical (unpaired) electrons. The zero-order chi connectivity index (χ0) is 30.9. The van der Waals surface area contributed by atoms with Crippen LogP contribution in [0, 0.1) is 11.3 Å². The standard InChI is InChI=1S/C20H29N3O3.2C2HF3O2/c1-4-26-19(25)20-8-6-10-22(18(24)16-7-5-9-21-11-16)12-17(20)13-23(14-20)15(2)3;2*3-2(4,5)1(6)7/h5,7,9,11,15,17H,4,6,8,10,12-14H2,1-3H3;2*(H,6,7)/t17-,20-;;/m0../s1. The molecular formula is C24H31F6N3O7. The summed E-state index contributed by atoms with van der Waals surface area (Å²) in [5.41, 5.74) is 0.111. The first-order chi connectivity index (χ1) is 18.4. The maximum absolute atomic E-state index is 12.9. The maximum atomic E-state index is 12.9. The average Bonchev–Trinajstić information content (AvgIpc) is 3.13. The molecule has 1 aromatic heterocycles. The van der Waals surface area contributed by atoms with Crippen LogP contribution in [0.3, 0.4) is 0 Å². The minimum atomic E-state index is -5.08. The first kappa shape index (κ1) is 34.6. The van der Waals surface area contributed by atoms with Crippen LogP contribution in [0.1, 0.15) is 44.0 Å². The van der Waals surface area contributed by atoms with Gasteiger partial charge in [0, 0.05) is 50.5 Å². The van der Waals surface area contributed by atoms with Crippen LogP contribution in [-0.2, 0) is 19.1 Å². The number of halogens is 6. The number of hydrogen-bond acceptors (Lipinski definition) is 7. The van der Waals surface area contributed by atoms with E-state index in [9.17, 15) is 35.9 Å². The van der Waals surface area contributed by atoms with Gasteiger partial charge >= 0.3 is 30.3 Å². The lowest BCUT2D eigenvalue weighted by molar-refractivity contribution is -0.193. The van der Waals surface area contributed by atoms with Crippen LogP contribution < -0.4 is 0 Å². The number of nitrogens with zero attached hydrogens (tertiary/aromatic N) is 3. The van der Waals surface area contributed by atoms with Gasteiger partial charge in [0.15, 0.2) is 0 Å². The molecule has 0 aliphatic carbocycles. The molecule has 2 aliphatic rings. The molecule has 3 rings (SSSR count). The Labute approximate surface area is 225 Å². The Balaban J connectivity index is 0.000000473. The number of hydrogen-bond donors (Lipinski definition) is 2. The molecule has 3 heterocycles. The third-order valence-electron chi connectivity index (χ3n) is 6.31. The number of carbonyl (C=O) groups is 4. The third kappa shape index (κ3) is 9.64. The largest absolute Gasteiger partial charge is 0.490 e. The van der Waals surface area contributed by atoms with Crippen molar-refractivity contribution in [3.8, 4) is 0 Å². The number of aromatic nitrogens is 1. The number of pyridine rings is 1. The zero-order valence-corrected chi connectivity index (χ0v) is 22.0. The minimum absolute atomic E-state index is 0.000700. The van der Waals surface area contributed by atoms with Crippen LogP contribution in [0.2, 0.25) is 0 Å². The molecule has 0 bridgehead atoms. The Kier molecular flexibility index (Phi) is 12.3. The smallest absolute Gasteiger partial charge is 0.475 e. The van der Waals surface area contributed by atoms with Crippen molar-refractivity contribution in [2.45, 2.75) is 52.0 Å². The van der Waals surface area contributed by atoms with E-state index in [1.807, 2.05) is 11.8 Å². The molecule has 0 spiro atoms. The van der Waals surface area contributed by atoms with Crippen molar-refractivity contribution in [2.75, 3.05) is 32.8 Å². The summed E-state index contributed by atoms with van der Waals surface area (Å²) >= 11 is 0. The Bertz CT molecular complexity index is 996. The van der Waals surface area contributed by atoms with Gasteiger partial charge in [0.25, 0.3) is 5.91 Å². The number of ether oxygens (including phenoxy) is 1. The number of esters is 1. The van der Waals surface area contributed by atoms with E-state index in [1.165, 1.54) is 0 Å². The fraction of sp³-hybridized carbons (Fsp3) is 0.625. The van der Waals surface area contributed by atoms with E-state index < -0.39 is 29.7 Å². The normalized spacial score (nSPS) is 21.1. The monoisotopic (exact) mass is 587 g/mol. The summed E-state index contributed by atoms with van der Waals surface area (Å²) in [7, 11) is 0. The van der Waals surface area contributed by atoms with Crippen molar-refractivity contribution in [2.24, 2.45) is 11.3 Å². The molecule has 0 aromatic carbocycles. The summed E-state index contributed by atoms with van der Waals surface area (Å²) in [4.78, 5) is 51.9. The third-order valence-corrected chi connectivity index (χ3v) is 6.31.